The number of methoxy groups -OCH3 is 1. The van der Waals surface area contributed by atoms with Crippen LogP contribution >= 0.6 is 0 Å². The van der Waals surface area contributed by atoms with Crippen LogP contribution in [0.25, 0.3) is 0 Å². The van der Waals surface area contributed by atoms with Crippen LogP contribution in [0.15, 0.2) is 53.2 Å². The average Bonchev–Trinajstić information content (AvgIpc) is 3.51. The van der Waals surface area contributed by atoms with E-state index in [9.17, 15) is 14.3 Å². The predicted octanol–water partition coefficient (Wildman–Crippen LogP) is 5.57. The molecule has 1 aromatic heterocycles. The van der Waals surface area contributed by atoms with Gasteiger partial charge in [0.25, 0.3) is 0 Å². The lowest BCUT2D eigenvalue weighted by Crippen LogP contribution is -2.25. The first-order valence-corrected chi connectivity index (χ1v) is 15.1. The molecule has 2 aliphatic rings. The Balaban J connectivity index is 1.18. The second-order valence-electron chi connectivity index (χ2n) is 11.3. The van der Waals surface area contributed by atoms with Crippen LogP contribution < -0.4 is 10.1 Å². The van der Waals surface area contributed by atoms with E-state index < -0.39 is 12.1 Å². The standard InChI is InChI=1S/C33H44FN3O6/c1-22-4-11-28(34)29(18-22)37-32(38)23(2)5-6-24-7-9-26(10-8-24)43-27-12-13-35-31(20-27)30-19-25(21-36-30)33(39)42-17-16-41-15-14-40-3/h4,7,11-13,18,20-21,23,25-26,30,33,39H,5-6,8-10,14-17,19H2,1-3H3,(H,37,38). The minimum Gasteiger partial charge on any atom is -0.490 e. The summed E-state index contributed by atoms with van der Waals surface area (Å²) in [6.45, 7) is 5.44. The van der Waals surface area contributed by atoms with Gasteiger partial charge >= 0.3 is 0 Å². The quantitative estimate of drug-likeness (QED) is 0.148. The van der Waals surface area contributed by atoms with Crippen LogP contribution in [0.5, 0.6) is 5.75 Å². The van der Waals surface area contributed by atoms with Gasteiger partial charge in [-0.3, -0.25) is 14.8 Å². The number of nitrogens with zero attached hydrogens (tertiary/aromatic N) is 2. The van der Waals surface area contributed by atoms with Crippen LogP contribution in [0.2, 0.25) is 0 Å². The van der Waals surface area contributed by atoms with Gasteiger partial charge in [-0.15, -0.1) is 0 Å². The maximum absolute atomic E-state index is 14.0. The number of halogens is 1. The Morgan fingerprint density at radius 2 is 2.02 bits per heavy atom. The van der Waals surface area contributed by atoms with Gasteiger partial charge in [-0.1, -0.05) is 24.6 Å². The summed E-state index contributed by atoms with van der Waals surface area (Å²) in [5.74, 6) is -0.276. The van der Waals surface area contributed by atoms with Crippen molar-refractivity contribution in [2.75, 3.05) is 38.9 Å². The number of aryl methyl sites for hydroxylation is 1. The summed E-state index contributed by atoms with van der Waals surface area (Å²) in [5.41, 5.74) is 3.26. The van der Waals surface area contributed by atoms with E-state index in [2.05, 4.69) is 21.4 Å². The molecule has 0 spiro atoms. The van der Waals surface area contributed by atoms with E-state index in [0.29, 0.717) is 39.3 Å². The molecule has 9 nitrogen and oxygen atoms in total. The molecule has 0 bridgehead atoms. The number of benzene rings is 1. The molecule has 2 heterocycles. The Morgan fingerprint density at radius 1 is 1.19 bits per heavy atom. The molecule has 43 heavy (non-hydrogen) atoms. The van der Waals surface area contributed by atoms with Crippen molar-refractivity contribution in [1.82, 2.24) is 4.98 Å². The molecule has 2 aromatic rings. The van der Waals surface area contributed by atoms with E-state index in [1.165, 1.54) is 11.6 Å². The first kappa shape index (κ1) is 32.7. The highest BCUT2D eigenvalue weighted by molar-refractivity contribution is 5.92. The number of hydrogen-bond acceptors (Lipinski definition) is 8. The van der Waals surface area contributed by atoms with E-state index in [4.69, 9.17) is 18.9 Å². The van der Waals surface area contributed by atoms with Crippen molar-refractivity contribution < 1.29 is 33.2 Å². The molecule has 1 aliphatic carbocycles. The molecule has 10 heteroatoms. The largest absolute Gasteiger partial charge is 0.490 e. The van der Waals surface area contributed by atoms with E-state index in [0.717, 1.165) is 42.7 Å². The van der Waals surface area contributed by atoms with Crippen LogP contribution in [0, 0.1) is 24.6 Å². The molecule has 0 radical (unpaired) electrons. The fourth-order valence-electron chi connectivity index (χ4n) is 5.18. The lowest BCUT2D eigenvalue weighted by Gasteiger charge is -2.24. The zero-order valence-electron chi connectivity index (χ0n) is 25.3. The Morgan fingerprint density at radius 3 is 2.81 bits per heavy atom. The average molecular weight is 598 g/mol. The topological polar surface area (TPSA) is 112 Å². The number of nitrogens with one attached hydrogen (secondary N) is 1. The number of carbonyl (C=O) groups is 1. The molecule has 1 aromatic carbocycles. The monoisotopic (exact) mass is 597 g/mol. The van der Waals surface area contributed by atoms with Crippen LogP contribution in [0.4, 0.5) is 10.1 Å². The number of aliphatic hydroxyl groups is 1. The number of rotatable bonds is 16. The highest BCUT2D eigenvalue weighted by Crippen LogP contribution is 2.33. The predicted molar refractivity (Wildman–Crippen MR) is 163 cm³/mol. The Bertz CT molecular complexity index is 1250. The van der Waals surface area contributed by atoms with E-state index in [1.54, 1.807) is 31.7 Å². The number of anilines is 1. The molecule has 4 rings (SSSR count). The van der Waals surface area contributed by atoms with Crippen LogP contribution in [0.1, 0.15) is 62.7 Å². The van der Waals surface area contributed by atoms with Gasteiger partial charge in [0.05, 0.1) is 43.9 Å². The SMILES string of the molecule is COCCOCCOC(O)C1C=NC(c2cc(OC3CC=C(CCC(C)C(=O)Nc4cc(C)ccc4F)CC3)ccn2)C1. The smallest absolute Gasteiger partial charge is 0.227 e. The molecular formula is C33H44FN3O6. The third-order valence-corrected chi connectivity index (χ3v) is 7.85. The molecule has 0 fully saturated rings. The number of pyridine rings is 1. The minimum absolute atomic E-state index is 0.0603. The lowest BCUT2D eigenvalue weighted by molar-refractivity contribution is -0.130. The second kappa shape index (κ2) is 16.6. The highest BCUT2D eigenvalue weighted by atomic mass is 19.1. The van der Waals surface area contributed by atoms with Gasteiger partial charge < -0.3 is 29.4 Å². The van der Waals surface area contributed by atoms with Crippen molar-refractivity contribution in [3.63, 3.8) is 0 Å². The van der Waals surface area contributed by atoms with Gasteiger partial charge in [-0.05, 0) is 62.8 Å². The number of aliphatic imine (C=N–C) groups is 1. The fraction of sp³-hybridized carbons (Fsp3) is 0.545. The van der Waals surface area contributed by atoms with Gasteiger partial charge in [-0.25, -0.2) is 4.39 Å². The lowest BCUT2D eigenvalue weighted by atomic mass is 9.91. The zero-order chi connectivity index (χ0) is 30.6. The fourth-order valence-corrected chi connectivity index (χ4v) is 5.18. The summed E-state index contributed by atoms with van der Waals surface area (Å²) in [5, 5.41) is 13.1. The van der Waals surface area contributed by atoms with Crippen molar-refractivity contribution in [2.45, 2.75) is 70.8 Å². The third kappa shape index (κ3) is 10.2. The summed E-state index contributed by atoms with van der Waals surface area (Å²) >= 11 is 0. The summed E-state index contributed by atoms with van der Waals surface area (Å²) in [6.07, 6.45) is 9.54. The maximum Gasteiger partial charge on any atom is 0.227 e. The van der Waals surface area contributed by atoms with Gasteiger partial charge in [0.15, 0.2) is 6.29 Å². The Hall–Kier alpha value is -3.18. The van der Waals surface area contributed by atoms with E-state index in [1.807, 2.05) is 26.0 Å². The molecule has 1 amide bonds. The van der Waals surface area contributed by atoms with Gasteiger partial charge in [0.2, 0.25) is 5.91 Å². The minimum atomic E-state index is -0.948. The summed E-state index contributed by atoms with van der Waals surface area (Å²) in [6, 6.07) is 8.33. The molecule has 0 saturated carbocycles. The van der Waals surface area contributed by atoms with Crippen molar-refractivity contribution in [3.05, 3.63) is 65.3 Å². The molecule has 5 unspecified atom stereocenters. The third-order valence-electron chi connectivity index (χ3n) is 7.85. The van der Waals surface area contributed by atoms with E-state index >= 15 is 0 Å². The summed E-state index contributed by atoms with van der Waals surface area (Å²) < 4.78 is 36.1. The molecule has 2 N–H and O–H groups in total. The summed E-state index contributed by atoms with van der Waals surface area (Å²) in [7, 11) is 1.62. The summed E-state index contributed by atoms with van der Waals surface area (Å²) in [4.78, 5) is 21.7. The van der Waals surface area contributed by atoms with E-state index in [-0.39, 0.29) is 35.6 Å². The van der Waals surface area contributed by atoms with Crippen LogP contribution in [-0.2, 0) is 19.0 Å². The Labute approximate surface area is 253 Å². The second-order valence-corrected chi connectivity index (χ2v) is 11.3. The van der Waals surface area contributed by atoms with Crippen LogP contribution in [0.3, 0.4) is 0 Å². The molecule has 0 saturated heterocycles. The van der Waals surface area contributed by atoms with Gasteiger partial charge in [0, 0.05) is 43.8 Å². The zero-order valence-corrected chi connectivity index (χ0v) is 25.3. The van der Waals surface area contributed by atoms with Crippen LogP contribution in [-0.4, -0.2) is 68.1 Å². The number of amides is 1. The number of aromatic nitrogens is 1. The molecule has 234 valence electrons. The van der Waals surface area contributed by atoms with Crippen molar-refractivity contribution in [3.8, 4) is 5.75 Å². The number of carbonyl (C=O) groups excluding carboxylic acids is 1. The highest BCUT2D eigenvalue weighted by Gasteiger charge is 2.29. The van der Waals surface area contributed by atoms with Crippen molar-refractivity contribution in [1.29, 1.82) is 0 Å². The number of allylic oxidation sites excluding steroid dienone is 1. The van der Waals surface area contributed by atoms with Crippen molar-refractivity contribution >= 4 is 17.8 Å². The first-order chi connectivity index (χ1) is 20.8. The maximum atomic E-state index is 14.0. The number of ether oxygens (including phenoxy) is 4. The van der Waals surface area contributed by atoms with Crippen molar-refractivity contribution in [2.24, 2.45) is 16.8 Å². The van der Waals surface area contributed by atoms with Gasteiger partial charge in [0.1, 0.15) is 17.7 Å². The first-order valence-electron chi connectivity index (χ1n) is 15.1. The normalized spacial score (nSPS) is 21.3. The molecular weight excluding hydrogens is 553 g/mol. The molecule has 1 aliphatic heterocycles. The molecule has 5 atom stereocenters. The van der Waals surface area contributed by atoms with Gasteiger partial charge in [-0.2, -0.15) is 0 Å². The number of aliphatic hydroxyl groups excluding tert-OH is 1. The number of hydrogen-bond donors (Lipinski definition) is 2. The Kier molecular flexibility index (Phi) is 12.6.